The van der Waals surface area contributed by atoms with Gasteiger partial charge in [-0.05, 0) is 0 Å². The van der Waals surface area contributed by atoms with Crippen LogP contribution in [0.2, 0.25) is 10.2 Å². The Balaban J connectivity index is 0.00000144. The normalized spacial score (nSPS) is 9.15. The highest BCUT2D eigenvalue weighted by atomic mass is 35.5. The van der Waals surface area contributed by atoms with Crippen LogP contribution in [0.1, 0.15) is 10.4 Å². The van der Waals surface area contributed by atoms with Gasteiger partial charge in [-0.3, -0.25) is 0 Å². The summed E-state index contributed by atoms with van der Waals surface area (Å²) in [6.07, 6.45) is 0.899. The molecule has 0 radical (unpaired) electrons. The van der Waals surface area contributed by atoms with Crippen molar-refractivity contribution in [2.75, 3.05) is 0 Å². The Labute approximate surface area is 88.9 Å². The van der Waals surface area contributed by atoms with Gasteiger partial charge in [0.1, 0.15) is 0 Å². The third kappa shape index (κ3) is 2.43. The lowest BCUT2D eigenvalue weighted by molar-refractivity contribution is 0.0696. The lowest BCUT2D eigenvalue weighted by Crippen LogP contribution is -2.00. The zero-order valence-corrected chi connectivity index (χ0v) is 8.25. The second kappa shape index (κ2) is 4.60. The van der Waals surface area contributed by atoms with Crippen LogP contribution in [-0.4, -0.2) is 16.1 Å². The first-order valence-corrected chi connectivity index (χ1v) is 3.52. The van der Waals surface area contributed by atoms with Gasteiger partial charge in [-0.1, -0.05) is 23.2 Å². The molecular formula is C6H3Cl3FNO2. The van der Waals surface area contributed by atoms with Crippen LogP contribution in [0.25, 0.3) is 0 Å². The predicted octanol–water partition coefficient (Wildman–Crippen LogP) is 2.65. The monoisotopic (exact) mass is 245 g/mol. The molecule has 3 nitrogen and oxygen atoms in total. The molecular weight excluding hydrogens is 243 g/mol. The SMILES string of the molecule is Cl.O=C(O)c1cnc(Cl)c(F)c1Cl. The zero-order chi connectivity index (χ0) is 9.30. The number of nitrogens with zero attached hydrogens (tertiary/aromatic N) is 1. The van der Waals surface area contributed by atoms with Crippen LogP contribution in [0.15, 0.2) is 6.20 Å². The third-order valence-corrected chi connectivity index (χ3v) is 1.78. The molecule has 0 aliphatic carbocycles. The van der Waals surface area contributed by atoms with Gasteiger partial charge in [0.25, 0.3) is 0 Å². The van der Waals surface area contributed by atoms with E-state index in [9.17, 15) is 9.18 Å². The van der Waals surface area contributed by atoms with Gasteiger partial charge in [-0.2, -0.15) is 0 Å². The third-order valence-electron chi connectivity index (χ3n) is 1.15. The molecule has 1 heterocycles. The molecule has 0 aliphatic rings. The highest BCUT2D eigenvalue weighted by Gasteiger charge is 2.15. The van der Waals surface area contributed by atoms with Crippen molar-refractivity contribution < 1.29 is 14.3 Å². The lowest BCUT2D eigenvalue weighted by Gasteiger charge is -1.99. The van der Waals surface area contributed by atoms with Gasteiger partial charge in [0.15, 0.2) is 11.0 Å². The molecule has 1 aromatic heterocycles. The van der Waals surface area contributed by atoms with Crippen molar-refractivity contribution >= 4 is 41.6 Å². The summed E-state index contributed by atoms with van der Waals surface area (Å²) in [5.41, 5.74) is -0.404. The van der Waals surface area contributed by atoms with Crippen LogP contribution in [-0.2, 0) is 0 Å². The molecule has 1 aromatic rings. The fourth-order valence-electron chi connectivity index (χ4n) is 0.592. The first-order chi connectivity index (χ1) is 5.54. The molecule has 0 fully saturated rings. The van der Waals surface area contributed by atoms with Crippen molar-refractivity contribution in [1.82, 2.24) is 4.98 Å². The van der Waals surface area contributed by atoms with E-state index < -0.39 is 27.5 Å². The van der Waals surface area contributed by atoms with Crippen LogP contribution in [0.5, 0.6) is 0 Å². The van der Waals surface area contributed by atoms with E-state index in [0.29, 0.717) is 0 Å². The molecule has 0 saturated carbocycles. The van der Waals surface area contributed by atoms with E-state index in [1.807, 2.05) is 0 Å². The molecule has 0 amide bonds. The highest BCUT2D eigenvalue weighted by molar-refractivity contribution is 6.36. The Hall–Kier alpha value is -0.580. The maximum atomic E-state index is 12.8. The lowest BCUT2D eigenvalue weighted by atomic mass is 10.3. The number of carboxylic acids is 1. The van der Waals surface area contributed by atoms with Crippen molar-refractivity contribution in [3.63, 3.8) is 0 Å². The summed E-state index contributed by atoms with van der Waals surface area (Å²) in [5.74, 6) is -2.36. The van der Waals surface area contributed by atoms with E-state index in [-0.39, 0.29) is 12.4 Å². The number of hydrogen-bond donors (Lipinski definition) is 1. The summed E-state index contributed by atoms with van der Waals surface area (Å²) >= 11 is 10.5. The Morgan fingerprint density at radius 2 is 2.08 bits per heavy atom. The molecule has 13 heavy (non-hydrogen) atoms. The van der Waals surface area contributed by atoms with Crippen LogP contribution in [0.3, 0.4) is 0 Å². The number of rotatable bonds is 1. The maximum absolute atomic E-state index is 12.8. The van der Waals surface area contributed by atoms with E-state index >= 15 is 0 Å². The molecule has 1 N–H and O–H groups in total. The van der Waals surface area contributed by atoms with E-state index in [4.69, 9.17) is 28.3 Å². The van der Waals surface area contributed by atoms with Gasteiger partial charge in [0.05, 0.1) is 10.6 Å². The van der Waals surface area contributed by atoms with Crippen molar-refractivity contribution in [2.24, 2.45) is 0 Å². The van der Waals surface area contributed by atoms with Gasteiger partial charge < -0.3 is 5.11 Å². The molecule has 0 bridgehead atoms. The second-order valence-electron chi connectivity index (χ2n) is 1.90. The van der Waals surface area contributed by atoms with Crippen molar-refractivity contribution in [1.29, 1.82) is 0 Å². The molecule has 1 rings (SSSR count). The smallest absolute Gasteiger partial charge is 0.338 e. The van der Waals surface area contributed by atoms with Gasteiger partial charge in [-0.25, -0.2) is 14.2 Å². The number of hydrogen-bond acceptors (Lipinski definition) is 2. The Morgan fingerprint density at radius 3 is 2.54 bits per heavy atom. The summed E-state index contributed by atoms with van der Waals surface area (Å²) in [6.45, 7) is 0. The van der Waals surface area contributed by atoms with E-state index in [0.717, 1.165) is 6.20 Å². The minimum absolute atomic E-state index is 0. The Kier molecular flexibility index (Phi) is 4.39. The quantitative estimate of drug-likeness (QED) is 0.775. The molecule has 0 aliphatic heterocycles. The minimum atomic E-state index is -1.34. The average Bonchev–Trinajstić information content (AvgIpc) is 2.00. The molecule has 7 heteroatoms. The standard InChI is InChI=1S/C6H2Cl2FNO2.ClH/c7-3-2(6(11)12)1-10-5(8)4(3)9;/h1H,(H,11,12);1H. The van der Waals surface area contributed by atoms with Gasteiger partial charge in [0, 0.05) is 6.20 Å². The summed E-state index contributed by atoms with van der Waals surface area (Å²) in [4.78, 5) is 13.6. The van der Waals surface area contributed by atoms with Crippen LogP contribution in [0, 0.1) is 5.82 Å². The van der Waals surface area contributed by atoms with Crippen molar-refractivity contribution in [3.05, 3.63) is 27.8 Å². The molecule has 0 aromatic carbocycles. The topological polar surface area (TPSA) is 50.2 Å². The largest absolute Gasteiger partial charge is 0.478 e. The maximum Gasteiger partial charge on any atom is 0.338 e. The molecule has 0 atom stereocenters. The van der Waals surface area contributed by atoms with Gasteiger partial charge in [-0.15, -0.1) is 12.4 Å². The Morgan fingerprint density at radius 1 is 1.54 bits per heavy atom. The fraction of sp³-hybridized carbons (Fsp3) is 0. The first kappa shape index (κ1) is 12.4. The van der Waals surface area contributed by atoms with E-state index in [2.05, 4.69) is 4.98 Å². The molecule has 0 saturated heterocycles. The summed E-state index contributed by atoms with van der Waals surface area (Å²) in [5, 5.41) is 7.48. The number of carboxylic acid groups (broad SMARTS) is 1. The van der Waals surface area contributed by atoms with Crippen LogP contribution in [0.4, 0.5) is 4.39 Å². The number of aromatic nitrogens is 1. The highest BCUT2D eigenvalue weighted by Crippen LogP contribution is 2.23. The molecule has 0 unspecified atom stereocenters. The first-order valence-electron chi connectivity index (χ1n) is 2.77. The van der Waals surface area contributed by atoms with Crippen molar-refractivity contribution in [2.45, 2.75) is 0 Å². The van der Waals surface area contributed by atoms with E-state index in [1.165, 1.54) is 0 Å². The Bertz CT molecular complexity index is 345. The fourth-order valence-corrected chi connectivity index (χ4v) is 1.00. The van der Waals surface area contributed by atoms with Gasteiger partial charge in [0.2, 0.25) is 0 Å². The average molecular weight is 246 g/mol. The number of pyridine rings is 1. The minimum Gasteiger partial charge on any atom is -0.478 e. The summed E-state index contributed by atoms with van der Waals surface area (Å²) in [7, 11) is 0. The van der Waals surface area contributed by atoms with E-state index in [1.54, 1.807) is 0 Å². The molecule has 0 spiro atoms. The van der Waals surface area contributed by atoms with Gasteiger partial charge >= 0.3 is 5.97 Å². The summed E-state index contributed by atoms with van der Waals surface area (Å²) in [6, 6.07) is 0. The summed E-state index contributed by atoms with van der Waals surface area (Å²) < 4.78 is 12.8. The van der Waals surface area contributed by atoms with Crippen molar-refractivity contribution in [3.8, 4) is 0 Å². The zero-order valence-electron chi connectivity index (χ0n) is 5.92. The van der Waals surface area contributed by atoms with Crippen LogP contribution < -0.4 is 0 Å². The predicted molar refractivity (Wildman–Crippen MR) is 48.4 cm³/mol. The second-order valence-corrected chi connectivity index (χ2v) is 2.63. The number of halogens is 4. The number of carbonyl (C=O) groups is 1. The molecule has 72 valence electrons. The van der Waals surface area contributed by atoms with Crippen LogP contribution >= 0.6 is 35.6 Å². The number of aromatic carboxylic acids is 1.